The topological polar surface area (TPSA) is 78.6 Å². The smallest absolute Gasteiger partial charge is 0.428 e. The average molecular weight is 187 g/mol. The quantitative estimate of drug-likeness (QED) is 0.375. The molecule has 0 aliphatic rings. The van der Waals surface area contributed by atoms with E-state index in [1.807, 2.05) is 0 Å². The molecule has 5 heteroatoms. The van der Waals surface area contributed by atoms with E-state index in [9.17, 15) is 9.59 Å². The summed E-state index contributed by atoms with van der Waals surface area (Å²) in [7, 11) is 0. The van der Waals surface area contributed by atoms with E-state index < -0.39 is 17.7 Å². The molecule has 0 aromatic rings. The van der Waals surface area contributed by atoms with Gasteiger partial charge in [0.1, 0.15) is 11.3 Å². The van der Waals surface area contributed by atoms with Crippen molar-refractivity contribution in [3.8, 4) is 0 Å². The third-order valence-electron chi connectivity index (χ3n) is 0.828. The number of hydrogen-bond donors (Lipinski definition) is 1. The largest absolute Gasteiger partial charge is 0.516 e. The van der Waals surface area contributed by atoms with Crippen LogP contribution in [0, 0.1) is 0 Å². The number of rotatable bonds is 1. The summed E-state index contributed by atoms with van der Waals surface area (Å²) in [5.41, 5.74) is 3.93. The summed E-state index contributed by atoms with van der Waals surface area (Å²) in [5.74, 6) is -0.991. The second-order valence-electron chi connectivity index (χ2n) is 3.38. The summed E-state index contributed by atoms with van der Waals surface area (Å²) in [4.78, 5) is 21.5. The third kappa shape index (κ3) is 5.72. The summed E-state index contributed by atoms with van der Waals surface area (Å²) in [6, 6.07) is 0. The fourth-order valence-corrected chi connectivity index (χ4v) is 0.412. The zero-order valence-electron chi connectivity index (χ0n) is 7.92. The van der Waals surface area contributed by atoms with Crippen LogP contribution in [0.5, 0.6) is 0 Å². The van der Waals surface area contributed by atoms with Gasteiger partial charge in [0.25, 0.3) is 0 Å². The molecule has 0 heterocycles. The second-order valence-corrected chi connectivity index (χ2v) is 3.38. The molecule has 5 nitrogen and oxygen atoms in total. The van der Waals surface area contributed by atoms with Crippen molar-refractivity contribution < 1.29 is 19.1 Å². The van der Waals surface area contributed by atoms with E-state index in [0.717, 1.165) is 0 Å². The number of hydrogen-bond acceptors (Lipinski definition) is 5. The monoisotopic (exact) mass is 187 g/mol. The normalized spacial score (nSPS) is 10.4. The molecule has 0 fully saturated rings. The van der Waals surface area contributed by atoms with Gasteiger partial charge in [-0.15, -0.1) is 0 Å². The van der Waals surface area contributed by atoms with Gasteiger partial charge in [-0.3, -0.25) is 0 Å². The molecule has 0 unspecified atom stereocenters. The fourth-order valence-electron chi connectivity index (χ4n) is 0.412. The number of carbonyl (C=O) groups excluding carboxylic acids is 2. The highest BCUT2D eigenvalue weighted by Crippen LogP contribution is 2.08. The molecule has 0 saturated heterocycles. The van der Waals surface area contributed by atoms with Crippen molar-refractivity contribution >= 4 is 12.1 Å². The summed E-state index contributed by atoms with van der Waals surface area (Å²) in [6.07, 6.45) is -1.08. The van der Waals surface area contributed by atoms with Crippen LogP contribution < -0.4 is 5.73 Å². The van der Waals surface area contributed by atoms with Crippen LogP contribution in [0.25, 0.3) is 0 Å². The molecule has 74 valence electrons. The summed E-state index contributed by atoms with van der Waals surface area (Å²) >= 11 is 0. The maximum Gasteiger partial charge on any atom is 0.516 e. The molecule has 0 spiro atoms. The van der Waals surface area contributed by atoms with Crippen molar-refractivity contribution in [3.05, 3.63) is 12.3 Å². The van der Waals surface area contributed by atoms with Gasteiger partial charge in [-0.1, -0.05) is 6.58 Å². The van der Waals surface area contributed by atoms with E-state index in [2.05, 4.69) is 16.1 Å². The first-order chi connectivity index (χ1) is 5.72. The first-order valence-electron chi connectivity index (χ1n) is 3.62. The number of ether oxygens (including phenoxy) is 2. The zero-order valence-corrected chi connectivity index (χ0v) is 7.92. The maximum absolute atomic E-state index is 10.8. The minimum atomic E-state index is -1.08. The molecule has 0 saturated carbocycles. The molecule has 0 aliphatic carbocycles. The molecule has 0 aromatic heterocycles. The SMILES string of the molecule is C=C(N)C(=O)OC(=O)OC(C)(C)C. The molecule has 13 heavy (non-hydrogen) atoms. The van der Waals surface area contributed by atoms with E-state index in [0.29, 0.717) is 0 Å². The summed E-state index contributed by atoms with van der Waals surface area (Å²) in [5, 5.41) is 0. The summed E-state index contributed by atoms with van der Waals surface area (Å²) in [6.45, 7) is 8.05. The third-order valence-corrected chi connectivity index (χ3v) is 0.828. The molecule has 0 radical (unpaired) electrons. The Bertz CT molecular complexity index is 239. The van der Waals surface area contributed by atoms with Gasteiger partial charge < -0.3 is 15.2 Å². The van der Waals surface area contributed by atoms with Gasteiger partial charge in [0.2, 0.25) is 0 Å². The number of nitrogens with two attached hydrogens (primary N) is 1. The Morgan fingerprint density at radius 3 is 2.08 bits per heavy atom. The Labute approximate surface area is 76.5 Å². The van der Waals surface area contributed by atoms with Gasteiger partial charge in [0.15, 0.2) is 0 Å². The Morgan fingerprint density at radius 1 is 1.31 bits per heavy atom. The Balaban J connectivity index is 4.04. The van der Waals surface area contributed by atoms with Crippen LogP contribution in [-0.4, -0.2) is 17.7 Å². The van der Waals surface area contributed by atoms with Crippen molar-refractivity contribution in [2.45, 2.75) is 26.4 Å². The molecular formula is C8H13NO4. The molecule has 0 rings (SSSR count). The van der Waals surface area contributed by atoms with Crippen LogP contribution >= 0.6 is 0 Å². The maximum atomic E-state index is 10.8. The standard InChI is InChI=1S/C8H13NO4/c1-5(9)6(10)12-7(11)13-8(2,3)4/h1,9H2,2-4H3. The average Bonchev–Trinajstić information content (AvgIpc) is 1.81. The molecule has 2 N–H and O–H groups in total. The van der Waals surface area contributed by atoms with Crippen LogP contribution in [0.15, 0.2) is 12.3 Å². The summed E-state index contributed by atoms with van der Waals surface area (Å²) < 4.78 is 8.84. The Hall–Kier alpha value is -1.52. The minimum absolute atomic E-state index is 0.342. The van der Waals surface area contributed by atoms with Crippen LogP contribution in [0.3, 0.4) is 0 Å². The molecule has 0 bridgehead atoms. The predicted molar refractivity (Wildman–Crippen MR) is 45.7 cm³/mol. The van der Waals surface area contributed by atoms with Crippen LogP contribution in [0.2, 0.25) is 0 Å². The van der Waals surface area contributed by atoms with Crippen molar-refractivity contribution in [2.24, 2.45) is 5.73 Å². The van der Waals surface area contributed by atoms with Crippen molar-refractivity contribution in [1.82, 2.24) is 0 Å². The van der Waals surface area contributed by atoms with E-state index in [4.69, 9.17) is 5.73 Å². The predicted octanol–water partition coefficient (Wildman–Crippen LogP) is 0.937. The first-order valence-corrected chi connectivity index (χ1v) is 3.62. The van der Waals surface area contributed by atoms with Crippen LogP contribution in [0.1, 0.15) is 20.8 Å². The lowest BCUT2D eigenvalue weighted by molar-refractivity contribution is -0.137. The van der Waals surface area contributed by atoms with Crippen LogP contribution in [0.4, 0.5) is 4.79 Å². The van der Waals surface area contributed by atoms with Gasteiger partial charge in [0.05, 0.1) is 0 Å². The lowest BCUT2D eigenvalue weighted by Gasteiger charge is -2.17. The number of carbonyl (C=O) groups is 2. The van der Waals surface area contributed by atoms with E-state index in [-0.39, 0.29) is 5.70 Å². The lowest BCUT2D eigenvalue weighted by atomic mass is 10.2. The van der Waals surface area contributed by atoms with Gasteiger partial charge in [-0.25, -0.2) is 9.59 Å². The molecular weight excluding hydrogens is 174 g/mol. The Morgan fingerprint density at radius 2 is 1.77 bits per heavy atom. The molecule has 0 aromatic carbocycles. The number of esters is 1. The van der Waals surface area contributed by atoms with Crippen molar-refractivity contribution in [3.63, 3.8) is 0 Å². The van der Waals surface area contributed by atoms with Gasteiger partial charge in [-0.05, 0) is 20.8 Å². The van der Waals surface area contributed by atoms with Crippen molar-refractivity contribution in [2.75, 3.05) is 0 Å². The van der Waals surface area contributed by atoms with Crippen molar-refractivity contribution in [1.29, 1.82) is 0 Å². The fraction of sp³-hybridized carbons (Fsp3) is 0.500. The molecule has 0 aliphatic heterocycles. The highest BCUT2D eigenvalue weighted by molar-refractivity contribution is 5.93. The molecule has 0 amide bonds. The van der Waals surface area contributed by atoms with Gasteiger partial charge in [-0.2, -0.15) is 0 Å². The highest BCUT2D eigenvalue weighted by atomic mass is 16.7. The van der Waals surface area contributed by atoms with Gasteiger partial charge >= 0.3 is 12.1 Å². The highest BCUT2D eigenvalue weighted by Gasteiger charge is 2.20. The van der Waals surface area contributed by atoms with Gasteiger partial charge in [0, 0.05) is 0 Å². The molecule has 0 atom stereocenters. The van der Waals surface area contributed by atoms with Crippen LogP contribution in [-0.2, 0) is 14.3 Å². The zero-order chi connectivity index (χ0) is 10.6. The first kappa shape index (κ1) is 11.5. The lowest BCUT2D eigenvalue weighted by Crippen LogP contribution is -2.27. The van der Waals surface area contributed by atoms with E-state index in [1.54, 1.807) is 20.8 Å². The minimum Gasteiger partial charge on any atom is -0.428 e. The van der Waals surface area contributed by atoms with E-state index in [1.165, 1.54) is 0 Å². The van der Waals surface area contributed by atoms with E-state index >= 15 is 0 Å². The Kier molecular flexibility index (Phi) is 3.47. The second kappa shape index (κ2) is 3.93.